The minimum atomic E-state index is 0.0519. The van der Waals surface area contributed by atoms with Gasteiger partial charge in [-0.05, 0) is 55.2 Å². The predicted molar refractivity (Wildman–Crippen MR) is 83.3 cm³/mol. The second-order valence-electron chi connectivity index (χ2n) is 6.58. The van der Waals surface area contributed by atoms with Gasteiger partial charge in [0, 0.05) is 19.2 Å². The normalized spacial score (nSPS) is 26.9. The molecule has 3 unspecified atom stereocenters. The van der Waals surface area contributed by atoms with Crippen molar-refractivity contribution in [3.8, 4) is 5.75 Å². The Balaban J connectivity index is 1.67. The number of ether oxygens (including phenoxy) is 1. The lowest BCUT2D eigenvalue weighted by atomic mass is 9.88. The van der Waals surface area contributed by atoms with Gasteiger partial charge in [-0.2, -0.15) is 0 Å². The van der Waals surface area contributed by atoms with Gasteiger partial charge >= 0.3 is 0 Å². The molecule has 114 valence electrons. The molecule has 4 nitrogen and oxygen atoms in total. The summed E-state index contributed by atoms with van der Waals surface area (Å²) in [5.41, 5.74) is 7.00. The highest BCUT2D eigenvalue weighted by Gasteiger charge is 2.40. The number of amides is 1. The fraction of sp³-hybridized carbons (Fsp3) is 0.588. The van der Waals surface area contributed by atoms with E-state index in [4.69, 9.17) is 10.5 Å². The summed E-state index contributed by atoms with van der Waals surface area (Å²) in [6.45, 7) is 0.868. The third kappa shape index (κ3) is 2.71. The topological polar surface area (TPSA) is 55.6 Å². The molecule has 4 heteroatoms. The number of hydrogen-bond acceptors (Lipinski definition) is 3. The zero-order valence-electron chi connectivity index (χ0n) is 12.8. The Kier molecular flexibility index (Phi) is 3.79. The maximum absolute atomic E-state index is 12.5. The van der Waals surface area contributed by atoms with Crippen LogP contribution >= 0.6 is 0 Å². The van der Waals surface area contributed by atoms with Gasteiger partial charge in [-0.3, -0.25) is 4.79 Å². The van der Waals surface area contributed by atoms with Crippen molar-refractivity contribution in [1.29, 1.82) is 0 Å². The Morgan fingerprint density at radius 3 is 2.81 bits per heavy atom. The number of rotatable bonds is 4. The van der Waals surface area contributed by atoms with Gasteiger partial charge in [0.2, 0.25) is 0 Å². The van der Waals surface area contributed by atoms with Crippen LogP contribution in [0.25, 0.3) is 0 Å². The molecule has 0 aliphatic heterocycles. The van der Waals surface area contributed by atoms with Crippen molar-refractivity contribution in [2.45, 2.75) is 25.7 Å². The maximum Gasteiger partial charge on any atom is 0.253 e. The number of carbonyl (C=O) groups excluding carboxylic acids is 1. The molecule has 2 fully saturated rings. The lowest BCUT2D eigenvalue weighted by Crippen LogP contribution is -2.33. The van der Waals surface area contributed by atoms with E-state index in [-0.39, 0.29) is 5.91 Å². The van der Waals surface area contributed by atoms with Crippen LogP contribution in [0.15, 0.2) is 18.2 Å². The summed E-state index contributed by atoms with van der Waals surface area (Å²) in [5, 5.41) is 0. The van der Waals surface area contributed by atoms with E-state index >= 15 is 0 Å². The number of nitrogens with two attached hydrogens (primary N) is 1. The number of carbonyl (C=O) groups is 1. The number of anilines is 1. The number of hydrogen-bond donors (Lipinski definition) is 1. The van der Waals surface area contributed by atoms with Gasteiger partial charge in [0.1, 0.15) is 5.75 Å². The Morgan fingerprint density at radius 2 is 2.19 bits per heavy atom. The van der Waals surface area contributed by atoms with Gasteiger partial charge in [0.15, 0.2) is 0 Å². The van der Waals surface area contributed by atoms with Crippen LogP contribution in [0.1, 0.15) is 36.0 Å². The number of methoxy groups -OCH3 is 1. The zero-order valence-corrected chi connectivity index (χ0v) is 12.8. The quantitative estimate of drug-likeness (QED) is 0.867. The van der Waals surface area contributed by atoms with Gasteiger partial charge in [0.05, 0.1) is 12.8 Å². The van der Waals surface area contributed by atoms with Crippen molar-refractivity contribution in [3.63, 3.8) is 0 Å². The number of fused-ring (bicyclic) bond motifs is 2. The second kappa shape index (κ2) is 5.58. The van der Waals surface area contributed by atoms with E-state index in [1.165, 1.54) is 25.7 Å². The van der Waals surface area contributed by atoms with Crippen LogP contribution in [0.5, 0.6) is 5.75 Å². The second-order valence-corrected chi connectivity index (χ2v) is 6.58. The first-order valence-corrected chi connectivity index (χ1v) is 7.77. The standard InChI is InChI=1S/C17H24N2O2/c1-19(10-14-8-11-3-4-12(14)7-11)17(20)13-5-6-15(18)16(9-13)21-2/h5-6,9,11-12,14H,3-4,7-8,10,18H2,1-2H3. The summed E-state index contributed by atoms with van der Waals surface area (Å²) >= 11 is 0. The first kappa shape index (κ1) is 14.2. The van der Waals surface area contributed by atoms with E-state index in [9.17, 15) is 4.79 Å². The van der Waals surface area contributed by atoms with Crippen molar-refractivity contribution in [2.24, 2.45) is 17.8 Å². The van der Waals surface area contributed by atoms with Gasteiger partial charge in [-0.15, -0.1) is 0 Å². The molecule has 0 spiro atoms. The molecule has 1 aromatic rings. The van der Waals surface area contributed by atoms with Crippen LogP contribution in [-0.4, -0.2) is 31.5 Å². The molecule has 2 aliphatic rings. The lowest BCUT2D eigenvalue weighted by Gasteiger charge is -2.27. The molecular formula is C17H24N2O2. The molecule has 3 rings (SSSR count). The summed E-state index contributed by atoms with van der Waals surface area (Å²) in [4.78, 5) is 14.4. The van der Waals surface area contributed by atoms with Crippen LogP contribution in [0.2, 0.25) is 0 Å². The predicted octanol–water partition coefficient (Wildman–Crippen LogP) is 2.79. The molecule has 2 N–H and O–H groups in total. The molecule has 3 atom stereocenters. The van der Waals surface area contributed by atoms with Crippen molar-refractivity contribution < 1.29 is 9.53 Å². The Hall–Kier alpha value is -1.71. The average Bonchev–Trinajstić information content (AvgIpc) is 3.09. The molecule has 0 radical (unpaired) electrons. The molecule has 2 saturated carbocycles. The zero-order chi connectivity index (χ0) is 15.0. The van der Waals surface area contributed by atoms with Crippen LogP contribution in [0.4, 0.5) is 5.69 Å². The van der Waals surface area contributed by atoms with E-state index in [0.29, 0.717) is 22.9 Å². The van der Waals surface area contributed by atoms with Crippen LogP contribution in [0.3, 0.4) is 0 Å². The third-order valence-corrected chi connectivity index (χ3v) is 5.22. The van der Waals surface area contributed by atoms with Crippen LogP contribution in [-0.2, 0) is 0 Å². The molecule has 21 heavy (non-hydrogen) atoms. The Morgan fingerprint density at radius 1 is 1.38 bits per heavy atom. The van der Waals surface area contributed by atoms with Crippen molar-refractivity contribution in [3.05, 3.63) is 23.8 Å². The molecule has 0 aromatic heterocycles. The third-order valence-electron chi connectivity index (χ3n) is 5.22. The summed E-state index contributed by atoms with van der Waals surface area (Å²) in [6.07, 6.45) is 5.43. The first-order valence-electron chi connectivity index (χ1n) is 7.77. The Labute approximate surface area is 126 Å². The molecule has 0 heterocycles. The highest BCUT2D eigenvalue weighted by atomic mass is 16.5. The minimum absolute atomic E-state index is 0.0519. The lowest BCUT2D eigenvalue weighted by molar-refractivity contribution is 0.0754. The number of benzene rings is 1. The molecule has 1 aromatic carbocycles. The largest absolute Gasteiger partial charge is 0.495 e. The Bertz CT molecular complexity index is 544. The minimum Gasteiger partial charge on any atom is -0.495 e. The fourth-order valence-corrected chi connectivity index (χ4v) is 4.10. The van der Waals surface area contributed by atoms with E-state index in [1.807, 2.05) is 11.9 Å². The summed E-state index contributed by atoms with van der Waals surface area (Å²) < 4.78 is 5.19. The molecule has 1 amide bonds. The summed E-state index contributed by atoms with van der Waals surface area (Å²) in [7, 11) is 3.47. The summed E-state index contributed by atoms with van der Waals surface area (Å²) in [6, 6.07) is 5.24. The van der Waals surface area contributed by atoms with E-state index in [2.05, 4.69) is 0 Å². The SMILES string of the molecule is COc1cc(C(=O)N(C)CC2CC3CCC2C3)ccc1N. The highest BCUT2D eigenvalue weighted by molar-refractivity contribution is 5.95. The van der Waals surface area contributed by atoms with Gasteiger partial charge in [0.25, 0.3) is 5.91 Å². The molecule has 2 aliphatic carbocycles. The van der Waals surface area contributed by atoms with E-state index < -0.39 is 0 Å². The monoisotopic (exact) mass is 288 g/mol. The van der Waals surface area contributed by atoms with Crippen molar-refractivity contribution in [1.82, 2.24) is 4.90 Å². The van der Waals surface area contributed by atoms with E-state index in [1.54, 1.807) is 25.3 Å². The van der Waals surface area contributed by atoms with Crippen LogP contribution in [0, 0.1) is 17.8 Å². The van der Waals surface area contributed by atoms with Gasteiger partial charge in [-0.1, -0.05) is 6.42 Å². The number of nitrogen functional groups attached to an aromatic ring is 1. The fourth-order valence-electron chi connectivity index (χ4n) is 4.10. The average molecular weight is 288 g/mol. The molecule has 0 saturated heterocycles. The molecular weight excluding hydrogens is 264 g/mol. The maximum atomic E-state index is 12.5. The molecule has 2 bridgehead atoms. The number of nitrogens with zero attached hydrogens (tertiary/aromatic N) is 1. The van der Waals surface area contributed by atoms with Gasteiger partial charge < -0.3 is 15.4 Å². The van der Waals surface area contributed by atoms with Crippen molar-refractivity contribution in [2.75, 3.05) is 26.4 Å². The smallest absolute Gasteiger partial charge is 0.253 e. The summed E-state index contributed by atoms with van der Waals surface area (Å²) in [5.74, 6) is 3.06. The van der Waals surface area contributed by atoms with Crippen molar-refractivity contribution >= 4 is 11.6 Å². The van der Waals surface area contributed by atoms with E-state index in [0.717, 1.165) is 18.4 Å². The first-order chi connectivity index (χ1) is 10.1. The highest BCUT2D eigenvalue weighted by Crippen LogP contribution is 2.48. The van der Waals surface area contributed by atoms with Crippen LogP contribution < -0.4 is 10.5 Å². The van der Waals surface area contributed by atoms with Gasteiger partial charge in [-0.25, -0.2) is 0 Å².